The Balaban J connectivity index is 1.33. The van der Waals surface area contributed by atoms with E-state index in [0.29, 0.717) is 24.3 Å². The van der Waals surface area contributed by atoms with Crippen molar-refractivity contribution in [3.63, 3.8) is 0 Å². The molecule has 1 unspecified atom stereocenters. The van der Waals surface area contributed by atoms with Gasteiger partial charge in [0.2, 0.25) is 0 Å². The molecule has 0 amide bonds. The number of ether oxygens (including phenoxy) is 5. The van der Waals surface area contributed by atoms with E-state index in [9.17, 15) is 19.1 Å². The average Bonchev–Trinajstić information content (AvgIpc) is 3.48. The Morgan fingerprint density at radius 2 is 1.90 bits per heavy atom. The molecule has 2 bridgehead atoms. The number of esters is 2. The number of nitrogens with zero attached hydrogens (tertiary/aromatic N) is 1. The number of carbonyl (C=O) groups is 2. The van der Waals surface area contributed by atoms with E-state index in [1.54, 1.807) is 30.3 Å². The van der Waals surface area contributed by atoms with E-state index in [-0.39, 0.29) is 37.2 Å². The van der Waals surface area contributed by atoms with Crippen LogP contribution in [-0.4, -0.2) is 71.0 Å². The standard InChI is InChI=1S/C38H44FNO8/c1-6-29-46-32-30-21(2)27(45-28(41)15-14-24-13-12-23(39)19-40-24)18-38(43,36(30,3)4)33(48-35(42)22-10-8-7-9-11-22)31-25-20-44-26(25)16-17-37(31,5)34(32)47-29/h6-13,19,25-27,29,31-34,43H,1,14-18,20H2,2-5H3/t25-,26-,27+,29-,31?,32-,33+,34-,37-,38-/m1/s1. The predicted molar refractivity (Wildman–Crippen MR) is 172 cm³/mol. The number of pyridine rings is 1. The Hall–Kier alpha value is -3.44. The smallest absolute Gasteiger partial charge is 0.338 e. The van der Waals surface area contributed by atoms with Gasteiger partial charge < -0.3 is 28.8 Å². The molecule has 0 spiro atoms. The van der Waals surface area contributed by atoms with Crippen LogP contribution in [0.3, 0.4) is 0 Å². The normalized spacial score (nSPS) is 37.9. The van der Waals surface area contributed by atoms with Crippen molar-refractivity contribution in [2.45, 2.75) is 102 Å². The summed E-state index contributed by atoms with van der Waals surface area (Å²) in [6.45, 7) is 12.4. The van der Waals surface area contributed by atoms with Crippen LogP contribution in [0.1, 0.15) is 69.4 Å². The molecule has 1 N–H and O–H groups in total. The van der Waals surface area contributed by atoms with Crippen LogP contribution in [0, 0.1) is 28.5 Å². The van der Waals surface area contributed by atoms with Gasteiger partial charge in [0, 0.05) is 41.2 Å². The Bertz CT molecular complexity index is 1610. The molecule has 5 aliphatic rings. The van der Waals surface area contributed by atoms with Crippen molar-refractivity contribution in [2.24, 2.45) is 22.7 Å². The number of carbonyl (C=O) groups excluding carboxylic acids is 2. The fraction of sp³-hybridized carbons (Fsp3) is 0.553. The lowest BCUT2D eigenvalue weighted by Crippen LogP contribution is -2.73. The summed E-state index contributed by atoms with van der Waals surface area (Å²) >= 11 is 0. The van der Waals surface area contributed by atoms with E-state index in [2.05, 4.69) is 18.5 Å². The molecule has 4 fully saturated rings. The third-order valence-electron chi connectivity index (χ3n) is 12.0. The number of halogens is 1. The molecule has 3 heterocycles. The van der Waals surface area contributed by atoms with E-state index >= 15 is 0 Å². The zero-order valence-electron chi connectivity index (χ0n) is 27.9. The van der Waals surface area contributed by atoms with Gasteiger partial charge in [0.05, 0.1) is 37.0 Å². The second-order valence-corrected chi connectivity index (χ2v) is 14.8. The summed E-state index contributed by atoms with van der Waals surface area (Å²) in [5, 5.41) is 13.3. The molecular weight excluding hydrogens is 617 g/mol. The summed E-state index contributed by atoms with van der Waals surface area (Å²) in [5.41, 5.74) is -0.760. The highest BCUT2D eigenvalue weighted by atomic mass is 19.1. The second kappa shape index (κ2) is 12.2. The summed E-state index contributed by atoms with van der Waals surface area (Å²) in [6.07, 6.45) is 0.974. The summed E-state index contributed by atoms with van der Waals surface area (Å²) in [6, 6.07) is 11.6. The zero-order chi connectivity index (χ0) is 34.0. The van der Waals surface area contributed by atoms with E-state index in [1.165, 1.54) is 12.1 Å². The van der Waals surface area contributed by atoms with E-state index in [0.717, 1.165) is 23.8 Å². The van der Waals surface area contributed by atoms with E-state index < -0.39 is 64.9 Å². The highest BCUT2D eigenvalue weighted by molar-refractivity contribution is 5.89. The van der Waals surface area contributed by atoms with Gasteiger partial charge in [0.15, 0.2) is 6.29 Å². The van der Waals surface area contributed by atoms with Crippen molar-refractivity contribution in [2.75, 3.05) is 6.61 Å². The third-order valence-corrected chi connectivity index (χ3v) is 12.0. The molecule has 9 nitrogen and oxygen atoms in total. The molecular formula is C38H44FNO8. The lowest BCUT2D eigenvalue weighted by Gasteiger charge is -2.65. The maximum absolute atomic E-state index is 13.9. The van der Waals surface area contributed by atoms with Gasteiger partial charge in [-0.25, -0.2) is 9.18 Å². The summed E-state index contributed by atoms with van der Waals surface area (Å²) < 4.78 is 45.4. The first-order chi connectivity index (χ1) is 22.9. The predicted octanol–water partition coefficient (Wildman–Crippen LogP) is 5.51. The fourth-order valence-corrected chi connectivity index (χ4v) is 9.28. The fourth-order valence-electron chi connectivity index (χ4n) is 9.28. The van der Waals surface area contributed by atoms with Crippen LogP contribution < -0.4 is 0 Å². The van der Waals surface area contributed by atoms with Crippen molar-refractivity contribution >= 4 is 11.9 Å². The SMILES string of the molecule is C=C[C@@H]1O[C@@H]2C3=C(C)[C@@H](OC(=O)CCc4ccc(F)cn4)C[C@@](O)([C@@H](OC(=O)c4ccccc4)C4[C@@H]5CO[C@@H]5CC[C@@]4(C)[C@@H]2O1)C3(C)C. The average molecular weight is 662 g/mol. The largest absolute Gasteiger partial charge is 0.458 e. The van der Waals surface area contributed by atoms with Gasteiger partial charge in [-0.1, -0.05) is 45.5 Å². The molecule has 2 aliphatic heterocycles. The molecule has 2 aromatic rings. The minimum absolute atomic E-state index is 0.00180. The molecule has 7 rings (SSSR count). The van der Waals surface area contributed by atoms with Crippen molar-refractivity contribution in [3.8, 4) is 0 Å². The van der Waals surface area contributed by atoms with Crippen LogP contribution in [0.5, 0.6) is 0 Å². The molecule has 10 atom stereocenters. The molecule has 10 heteroatoms. The molecule has 0 radical (unpaired) electrons. The van der Waals surface area contributed by atoms with E-state index in [4.69, 9.17) is 23.7 Å². The molecule has 2 saturated carbocycles. The van der Waals surface area contributed by atoms with Gasteiger partial charge in [0.1, 0.15) is 29.7 Å². The summed E-state index contributed by atoms with van der Waals surface area (Å²) in [5.74, 6) is -1.83. The molecule has 2 saturated heterocycles. The number of hydrogen-bond acceptors (Lipinski definition) is 9. The Kier molecular flexibility index (Phi) is 8.38. The van der Waals surface area contributed by atoms with Crippen LogP contribution in [-0.2, 0) is 34.9 Å². The number of aromatic nitrogens is 1. The number of benzene rings is 1. The molecule has 48 heavy (non-hydrogen) atoms. The molecule has 256 valence electrons. The van der Waals surface area contributed by atoms with Gasteiger partial charge in [-0.2, -0.15) is 0 Å². The highest BCUT2D eigenvalue weighted by Crippen LogP contribution is 2.65. The van der Waals surface area contributed by atoms with Crippen molar-refractivity contribution in [1.29, 1.82) is 0 Å². The zero-order valence-corrected chi connectivity index (χ0v) is 27.9. The van der Waals surface area contributed by atoms with Gasteiger partial charge in [-0.3, -0.25) is 9.78 Å². The topological polar surface area (TPSA) is 113 Å². The van der Waals surface area contributed by atoms with Crippen molar-refractivity contribution in [1.82, 2.24) is 4.98 Å². The Morgan fingerprint density at radius 1 is 1.12 bits per heavy atom. The summed E-state index contributed by atoms with van der Waals surface area (Å²) in [4.78, 5) is 31.4. The Morgan fingerprint density at radius 3 is 2.56 bits per heavy atom. The molecule has 1 aromatic heterocycles. The number of rotatable bonds is 7. The van der Waals surface area contributed by atoms with Gasteiger partial charge in [-0.05, 0) is 61.3 Å². The van der Waals surface area contributed by atoms with Crippen LogP contribution >= 0.6 is 0 Å². The Labute approximate surface area is 280 Å². The lowest BCUT2D eigenvalue weighted by atomic mass is 9.46. The van der Waals surface area contributed by atoms with Crippen LogP contribution in [0.15, 0.2) is 72.5 Å². The molecule has 3 aliphatic carbocycles. The first-order valence-corrected chi connectivity index (χ1v) is 16.9. The minimum Gasteiger partial charge on any atom is -0.458 e. The number of hydrogen-bond donors (Lipinski definition) is 1. The van der Waals surface area contributed by atoms with E-state index in [1.807, 2.05) is 26.8 Å². The lowest BCUT2D eigenvalue weighted by molar-refractivity contribution is -0.276. The molecule has 1 aromatic carbocycles. The van der Waals surface area contributed by atoms with Crippen LogP contribution in [0.25, 0.3) is 0 Å². The van der Waals surface area contributed by atoms with Crippen molar-refractivity contribution in [3.05, 3.63) is 89.5 Å². The monoisotopic (exact) mass is 661 g/mol. The number of aryl methyl sites for hydroxylation is 1. The van der Waals surface area contributed by atoms with Gasteiger partial charge in [0.25, 0.3) is 0 Å². The highest BCUT2D eigenvalue weighted by Gasteiger charge is 2.71. The van der Waals surface area contributed by atoms with Gasteiger partial charge in [-0.15, -0.1) is 0 Å². The number of fused-ring (bicyclic) bond motifs is 8. The first kappa shape index (κ1) is 33.1. The van der Waals surface area contributed by atoms with Gasteiger partial charge >= 0.3 is 11.9 Å². The maximum atomic E-state index is 13.9. The minimum atomic E-state index is -1.68. The maximum Gasteiger partial charge on any atom is 0.338 e. The van der Waals surface area contributed by atoms with Crippen molar-refractivity contribution < 1.29 is 42.8 Å². The first-order valence-electron chi connectivity index (χ1n) is 16.9. The summed E-state index contributed by atoms with van der Waals surface area (Å²) in [7, 11) is 0. The third kappa shape index (κ3) is 5.23. The van der Waals surface area contributed by atoms with Crippen LogP contribution in [0.2, 0.25) is 0 Å². The second-order valence-electron chi connectivity index (χ2n) is 14.8. The van der Waals surface area contributed by atoms with Crippen LogP contribution in [0.4, 0.5) is 4.39 Å². The number of aliphatic hydroxyl groups is 1. The quantitative estimate of drug-likeness (QED) is 0.303.